The standard InChI is InChI=1S/C16H17N3O3S3/c20-25(21,15-4-2-10-24-15)19-7-5-18(6-8-19)11-13-12-22-16(17-13)14-3-1-9-23-14/h1-4,9-10,12H,5-8,11H2/p+1. The molecular weight excluding hydrogens is 378 g/mol. The molecule has 25 heavy (non-hydrogen) atoms. The monoisotopic (exact) mass is 396 g/mol. The van der Waals surface area contributed by atoms with Gasteiger partial charge in [0.1, 0.15) is 22.7 Å². The van der Waals surface area contributed by atoms with Gasteiger partial charge in [-0.05, 0) is 22.9 Å². The zero-order chi connectivity index (χ0) is 17.3. The highest BCUT2D eigenvalue weighted by molar-refractivity contribution is 7.91. The number of piperazine rings is 1. The molecule has 132 valence electrons. The lowest BCUT2D eigenvalue weighted by Crippen LogP contribution is -3.13. The Bertz CT molecular complexity index is 909. The molecule has 1 fully saturated rings. The number of sulfonamides is 1. The second-order valence-electron chi connectivity index (χ2n) is 5.88. The number of aromatic nitrogens is 1. The minimum atomic E-state index is -3.33. The molecule has 0 amide bonds. The van der Waals surface area contributed by atoms with E-state index in [0.29, 0.717) is 23.2 Å². The van der Waals surface area contributed by atoms with E-state index in [1.807, 2.05) is 17.5 Å². The van der Waals surface area contributed by atoms with E-state index in [4.69, 9.17) is 4.42 Å². The Morgan fingerprint density at radius 2 is 1.92 bits per heavy atom. The van der Waals surface area contributed by atoms with Crippen LogP contribution in [0.3, 0.4) is 0 Å². The van der Waals surface area contributed by atoms with Crippen molar-refractivity contribution in [3.63, 3.8) is 0 Å². The molecule has 1 aliphatic heterocycles. The van der Waals surface area contributed by atoms with Gasteiger partial charge in [0.15, 0.2) is 0 Å². The summed E-state index contributed by atoms with van der Waals surface area (Å²) >= 11 is 2.87. The van der Waals surface area contributed by atoms with Crippen LogP contribution in [0, 0.1) is 0 Å². The molecule has 3 aromatic rings. The molecule has 1 saturated heterocycles. The summed E-state index contributed by atoms with van der Waals surface area (Å²) in [5, 5.41) is 3.79. The van der Waals surface area contributed by atoms with Gasteiger partial charge < -0.3 is 9.32 Å². The summed E-state index contributed by atoms with van der Waals surface area (Å²) in [4.78, 5) is 6.89. The largest absolute Gasteiger partial charge is 0.443 e. The Labute approximate surface area is 154 Å². The summed E-state index contributed by atoms with van der Waals surface area (Å²) in [5.74, 6) is 0.656. The Hall–Kier alpha value is -1.52. The summed E-state index contributed by atoms with van der Waals surface area (Å²) in [7, 11) is -3.33. The van der Waals surface area contributed by atoms with Crippen LogP contribution in [0.4, 0.5) is 0 Å². The number of thiophene rings is 2. The van der Waals surface area contributed by atoms with E-state index in [9.17, 15) is 8.42 Å². The number of nitrogens with zero attached hydrogens (tertiary/aromatic N) is 2. The number of quaternary nitrogens is 1. The fraction of sp³-hybridized carbons (Fsp3) is 0.312. The third kappa shape index (κ3) is 3.56. The van der Waals surface area contributed by atoms with E-state index in [-0.39, 0.29) is 0 Å². The number of rotatable bonds is 5. The first-order valence-electron chi connectivity index (χ1n) is 7.98. The normalized spacial score (nSPS) is 17.1. The van der Waals surface area contributed by atoms with E-state index >= 15 is 0 Å². The van der Waals surface area contributed by atoms with Crippen molar-refractivity contribution in [2.24, 2.45) is 0 Å². The SMILES string of the molecule is O=S(=O)(c1cccs1)N1CC[NH+](Cc2coc(-c3cccs3)n2)CC1. The Morgan fingerprint density at radius 1 is 1.16 bits per heavy atom. The average molecular weight is 397 g/mol. The van der Waals surface area contributed by atoms with Gasteiger partial charge in [-0.2, -0.15) is 4.31 Å². The summed E-state index contributed by atoms with van der Waals surface area (Å²) in [5.41, 5.74) is 0.910. The van der Waals surface area contributed by atoms with Gasteiger partial charge in [0.2, 0.25) is 5.89 Å². The van der Waals surface area contributed by atoms with Crippen LogP contribution < -0.4 is 4.90 Å². The van der Waals surface area contributed by atoms with Crippen LogP contribution in [0.25, 0.3) is 10.8 Å². The van der Waals surface area contributed by atoms with Gasteiger partial charge in [-0.15, -0.1) is 22.7 Å². The first-order chi connectivity index (χ1) is 12.1. The van der Waals surface area contributed by atoms with E-state index in [0.717, 1.165) is 30.2 Å². The van der Waals surface area contributed by atoms with Gasteiger partial charge in [-0.3, -0.25) is 0 Å². The fourth-order valence-electron chi connectivity index (χ4n) is 2.91. The topological polar surface area (TPSA) is 67.8 Å². The molecule has 0 spiro atoms. The zero-order valence-electron chi connectivity index (χ0n) is 13.4. The maximum atomic E-state index is 12.5. The molecule has 0 atom stereocenters. The Balaban J connectivity index is 1.36. The molecule has 0 radical (unpaired) electrons. The Morgan fingerprint density at radius 3 is 2.60 bits per heavy atom. The van der Waals surface area contributed by atoms with Crippen molar-refractivity contribution < 1.29 is 17.7 Å². The van der Waals surface area contributed by atoms with E-state index in [1.54, 1.807) is 39.4 Å². The molecule has 4 heterocycles. The highest BCUT2D eigenvalue weighted by Crippen LogP contribution is 2.23. The smallest absolute Gasteiger partial charge is 0.252 e. The molecule has 1 N–H and O–H groups in total. The summed E-state index contributed by atoms with van der Waals surface area (Å²) in [6.07, 6.45) is 1.71. The number of hydrogen-bond acceptors (Lipinski definition) is 6. The first kappa shape index (κ1) is 16.9. The minimum Gasteiger partial charge on any atom is -0.443 e. The van der Waals surface area contributed by atoms with Crippen molar-refractivity contribution in [1.29, 1.82) is 0 Å². The van der Waals surface area contributed by atoms with Crippen LogP contribution in [0.5, 0.6) is 0 Å². The third-order valence-corrected chi connectivity index (χ3v) is 8.36. The zero-order valence-corrected chi connectivity index (χ0v) is 15.9. The van der Waals surface area contributed by atoms with Gasteiger partial charge in [0, 0.05) is 0 Å². The van der Waals surface area contributed by atoms with Crippen molar-refractivity contribution in [2.75, 3.05) is 26.2 Å². The lowest BCUT2D eigenvalue weighted by Gasteiger charge is -2.30. The van der Waals surface area contributed by atoms with Crippen LogP contribution in [-0.2, 0) is 16.6 Å². The number of nitrogens with one attached hydrogen (secondary N) is 1. The lowest BCUT2D eigenvalue weighted by atomic mass is 10.3. The van der Waals surface area contributed by atoms with Crippen LogP contribution in [0.15, 0.2) is 49.9 Å². The molecule has 6 nitrogen and oxygen atoms in total. The molecule has 3 aromatic heterocycles. The van der Waals surface area contributed by atoms with Crippen molar-refractivity contribution in [2.45, 2.75) is 10.8 Å². The summed E-state index contributed by atoms with van der Waals surface area (Å²) < 4.78 is 32.7. The maximum Gasteiger partial charge on any atom is 0.252 e. The van der Waals surface area contributed by atoms with Gasteiger partial charge >= 0.3 is 0 Å². The quantitative estimate of drug-likeness (QED) is 0.711. The van der Waals surface area contributed by atoms with Crippen molar-refractivity contribution in [1.82, 2.24) is 9.29 Å². The highest BCUT2D eigenvalue weighted by atomic mass is 32.2. The van der Waals surface area contributed by atoms with E-state index in [2.05, 4.69) is 4.98 Å². The van der Waals surface area contributed by atoms with Crippen LogP contribution in [-0.4, -0.2) is 43.9 Å². The molecule has 0 bridgehead atoms. The van der Waals surface area contributed by atoms with E-state index in [1.165, 1.54) is 16.2 Å². The molecular formula is C16H18N3O3S3+. The summed E-state index contributed by atoms with van der Waals surface area (Å²) in [6, 6.07) is 7.40. The van der Waals surface area contributed by atoms with E-state index < -0.39 is 10.0 Å². The molecule has 4 rings (SSSR count). The molecule has 0 saturated carbocycles. The highest BCUT2D eigenvalue weighted by Gasteiger charge is 2.31. The second kappa shape index (κ2) is 7.00. The van der Waals surface area contributed by atoms with Crippen molar-refractivity contribution >= 4 is 32.7 Å². The minimum absolute atomic E-state index is 0.424. The maximum absolute atomic E-state index is 12.5. The lowest BCUT2D eigenvalue weighted by molar-refractivity contribution is -0.917. The van der Waals surface area contributed by atoms with Crippen molar-refractivity contribution in [3.05, 3.63) is 47.0 Å². The Kier molecular flexibility index (Phi) is 4.74. The third-order valence-electron chi connectivity index (χ3n) is 4.23. The van der Waals surface area contributed by atoms with Gasteiger partial charge in [-0.25, -0.2) is 13.4 Å². The first-order valence-corrected chi connectivity index (χ1v) is 11.2. The molecule has 0 unspecified atom stereocenters. The van der Waals surface area contributed by atoms with Crippen LogP contribution in [0.2, 0.25) is 0 Å². The predicted molar refractivity (Wildman–Crippen MR) is 97.3 cm³/mol. The van der Waals surface area contributed by atoms with Crippen LogP contribution >= 0.6 is 22.7 Å². The number of hydrogen-bond donors (Lipinski definition) is 1. The summed E-state index contributed by atoms with van der Waals surface area (Å²) in [6.45, 7) is 3.36. The molecule has 1 aliphatic rings. The fourth-order valence-corrected chi connectivity index (χ4v) is 6.16. The average Bonchev–Trinajstić information content (AvgIpc) is 3.37. The van der Waals surface area contributed by atoms with Gasteiger partial charge in [-0.1, -0.05) is 12.1 Å². The van der Waals surface area contributed by atoms with Crippen LogP contribution in [0.1, 0.15) is 5.69 Å². The van der Waals surface area contributed by atoms with Gasteiger partial charge in [0.25, 0.3) is 10.0 Å². The van der Waals surface area contributed by atoms with Crippen molar-refractivity contribution in [3.8, 4) is 10.8 Å². The predicted octanol–water partition coefficient (Wildman–Crippen LogP) is 1.55. The molecule has 0 aromatic carbocycles. The second-order valence-corrected chi connectivity index (χ2v) is 9.94. The van der Waals surface area contributed by atoms with Gasteiger partial charge in [0.05, 0.1) is 31.1 Å². The number of oxazole rings is 1. The molecule has 9 heteroatoms. The molecule has 0 aliphatic carbocycles.